The maximum atomic E-state index is 11.5. The average Bonchev–Trinajstić information content (AvgIpc) is 2.35. The number of carbonyl (C=O) groups excluding carboxylic acids is 1. The van der Waals surface area contributed by atoms with Gasteiger partial charge in [-0.25, -0.2) is 10.8 Å². The van der Waals surface area contributed by atoms with Crippen LogP contribution in [0.4, 0.5) is 0 Å². The van der Waals surface area contributed by atoms with Crippen molar-refractivity contribution in [2.24, 2.45) is 5.84 Å². The number of morpholine rings is 1. The predicted octanol–water partition coefficient (Wildman–Crippen LogP) is 0.684. The smallest absolute Gasteiger partial charge is 0.283 e. The highest BCUT2D eigenvalue weighted by atomic mass is 16.5. The van der Waals surface area contributed by atoms with Crippen LogP contribution in [0.1, 0.15) is 37.0 Å². The number of nitrogen functional groups attached to an aromatic ring is 1. The van der Waals surface area contributed by atoms with E-state index in [-0.39, 0.29) is 17.6 Å². The van der Waals surface area contributed by atoms with Gasteiger partial charge in [0.05, 0.1) is 17.4 Å². The van der Waals surface area contributed by atoms with Crippen LogP contribution < -0.4 is 11.3 Å². The van der Waals surface area contributed by atoms with E-state index >= 15 is 0 Å². The maximum absolute atomic E-state index is 11.5. The van der Waals surface area contributed by atoms with Crippen LogP contribution >= 0.6 is 0 Å². The Kier molecular flexibility index (Phi) is 4.37. The van der Waals surface area contributed by atoms with Crippen molar-refractivity contribution in [2.45, 2.75) is 39.0 Å². The SMILES string of the molecule is CC1CN(Cc2cccc(C(=O)NN)n2)CC(C)(C)O1. The lowest BCUT2D eigenvalue weighted by Gasteiger charge is -2.41. The van der Waals surface area contributed by atoms with Gasteiger partial charge >= 0.3 is 0 Å². The van der Waals surface area contributed by atoms with E-state index in [1.807, 2.05) is 12.1 Å². The Bertz CT molecular complexity index is 490. The van der Waals surface area contributed by atoms with Gasteiger partial charge in [0, 0.05) is 19.6 Å². The molecule has 6 heteroatoms. The molecule has 1 aromatic rings. The van der Waals surface area contributed by atoms with Crippen LogP contribution in [0.3, 0.4) is 0 Å². The molecular weight excluding hydrogens is 256 g/mol. The van der Waals surface area contributed by atoms with Crippen LogP contribution in [0.25, 0.3) is 0 Å². The van der Waals surface area contributed by atoms with Gasteiger partial charge in [-0.2, -0.15) is 0 Å². The van der Waals surface area contributed by atoms with Gasteiger partial charge in [-0.05, 0) is 32.9 Å². The second kappa shape index (κ2) is 5.87. The fourth-order valence-electron chi connectivity index (χ4n) is 2.70. The van der Waals surface area contributed by atoms with Crippen molar-refractivity contribution in [1.29, 1.82) is 0 Å². The molecule has 1 saturated heterocycles. The molecule has 0 radical (unpaired) electrons. The number of rotatable bonds is 3. The van der Waals surface area contributed by atoms with E-state index in [0.717, 1.165) is 18.8 Å². The Morgan fingerprint density at radius 3 is 3.00 bits per heavy atom. The fourth-order valence-corrected chi connectivity index (χ4v) is 2.70. The highest BCUT2D eigenvalue weighted by Gasteiger charge is 2.31. The summed E-state index contributed by atoms with van der Waals surface area (Å²) in [6.45, 7) is 8.63. The van der Waals surface area contributed by atoms with Gasteiger partial charge < -0.3 is 4.74 Å². The topological polar surface area (TPSA) is 80.5 Å². The molecule has 1 aliphatic heterocycles. The van der Waals surface area contributed by atoms with Gasteiger partial charge in [0.15, 0.2) is 0 Å². The van der Waals surface area contributed by atoms with Crippen molar-refractivity contribution < 1.29 is 9.53 Å². The van der Waals surface area contributed by atoms with Crippen molar-refractivity contribution in [3.8, 4) is 0 Å². The zero-order chi connectivity index (χ0) is 14.8. The van der Waals surface area contributed by atoms with Gasteiger partial charge in [0.1, 0.15) is 5.69 Å². The lowest BCUT2D eigenvalue weighted by molar-refractivity contribution is -0.130. The summed E-state index contributed by atoms with van der Waals surface area (Å²) in [5, 5.41) is 0. The minimum atomic E-state index is -0.373. The molecular formula is C14H22N4O2. The molecule has 0 aliphatic carbocycles. The Balaban J connectivity index is 2.08. The van der Waals surface area contributed by atoms with E-state index in [0.29, 0.717) is 12.2 Å². The number of carbonyl (C=O) groups is 1. The summed E-state index contributed by atoms with van der Waals surface area (Å²) in [5.74, 6) is 4.75. The number of nitrogens with one attached hydrogen (secondary N) is 1. The van der Waals surface area contributed by atoms with Crippen molar-refractivity contribution in [1.82, 2.24) is 15.3 Å². The summed E-state index contributed by atoms with van der Waals surface area (Å²) in [7, 11) is 0. The number of aromatic nitrogens is 1. The average molecular weight is 278 g/mol. The summed E-state index contributed by atoms with van der Waals surface area (Å²) in [4.78, 5) is 18.1. The van der Waals surface area contributed by atoms with E-state index in [1.165, 1.54) is 0 Å². The standard InChI is InChI=1S/C14H22N4O2/c1-10-7-18(9-14(2,3)20-10)8-11-5-4-6-12(16-11)13(19)17-15/h4-6,10H,7-9,15H2,1-3H3,(H,17,19). The van der Waals surface area contributed by atoms with Crippen LogP contribution in [0, 0.1) is 0 Å². The zero-order valence-corrected chi connectivity index (χ0v) is 12.2. The number of nitrogens with zero attached hydrogens (tertiary/aromatic N) is 2. The number of hydrogen-bond acceptors (Lipinski definition) is 5. The van der Waals surface area contributed by atoms with Crippen LogP contribution in [0.15, 0.2) is 18.2 Å². The molecule has 3 N–H and O–H groups in total. The van der Waals surface area contributed by atoms with Gasteiger partial charge in [0.2, 0.25) is 0 Å². The monoisotopic (exact) mass is 278 g/mol. The molecule has 0 saturated carbocycles. The Morgan fingerprint density at radius 2 is 2.35 bits per heavy atom. The summed E-state index contributed by atoms with van der Waals surface area (Å²) < 4.78 is 5.88. The first kappa shape index (κ1) is 14.9. The highest BCUT2D eigenvalue weighted by molar-refractivity contribution is 5.91. The minimum Gasteiger partial charge on any atom is -0.370 e. The molecule has 1 aromatic heterocycles. The third-order valence-corrected chi connectivity index (χ3v) is 3.20. The van der Waals surface area contributed by atoms with E-state index < -0.39 is 0 Å². The largest absolute Gasteiger partial charge is 0.370 e. The predicted molar refractivity (Wildman–Crippen MR) is 75.8 cm³/mol. The molecule has 1 atom stereocenters. The van der Waals surface area contributed by atoms with Crippen LogP contribution in [0.2, 0.25) is 0 Å². The van der Waals surface area contributed by atoms with Crippen LogP contribution in [0.5, 0.6) is 0 Å². The maximum Gasteiger partial charge on any atom is 0.283 e. The summed E-state index contributed by atoms with van der Waals surface area (Å²) in [5.41, 5.74) is 3.13. The highest BCUT2D eigenvalue weighted by Crippen LogP contribution is 2.21. The number of nitrogens with two attached hydrogens (primary N) is 1. The van der Waals surface area contributed by atoms with Gasteiger partial charge in [-0.1, -0.05) is 6.07 Å². The molecule has 0 bridgehead atoms. The number of amides is 1. The van der Waals surface area contributed by atoms with E-state index in [9.17, 15) is 4.79 Å². The van der Waals surface area contributed by atoms with Crippen LogP contribution in [-0.2, 0) is 11.3 Å². The third-order valence-electron chi connectivity index (χ3n) is 3.20. The first-order valence-corrected chi connectivity index (χ1v) is 6.77. The molecule has 2 rings (SSSR count). The lowest BCUT2D eigenvalue weighted by atomic mass is 10.1. The summed E-state index contributed by atoms with van der Waals surface area (Å²) in [6, 6.07) is 5.39. The molecule has 0 spiro atoms. The van der Waals surface area contributed by atoms with Crippen LogP contribution in [-0.4, -0.2) is 40.6 Å². The second-order valence-electron chi connectivity index (χ2n) is 5.85. The minimum absolute atomic E-state index is 0.163. The van der Waals surface area contributed by atoms with Crippen molar-refractivity contribution >= 4 is 5.91 Å². The molecule has 1 aliphatic rings. The molecule has 6 nitrogen and oxygen atoms in total. The third kappa shape index (κ3) is 3.75. The van der Waals surface area contributed by atoms with Crippen molar-refractivity contribution in [3.05, 3.63) is 29.6 Å². The first-order chi connectivity index (χ1) is 9.39. The molecule has 1 amide bonds. The number of hydrazine groups is 1. The summed E-state index contributed by atoms with van der Waals surface area (Å²) >= 11 is 0. The zero-order valence-electron chi connectivity index (χ0n) is 12.2. The van der Waals surface area contributed by atoms with E-state index in [4.69, 9.17) is 10.6 Å². The quantitative estimate of drug-likeness (QED) is 0.483. The summed E-state index contributed by atoms with van der Waals surface area (Å²) in [6.07, 6.45) is 0.189. The van der Waals surface area contributed by atoms with Gasteiger partial charge in [-0.3, -0.25) is 15.1 Å². The molecule has 110 valence electrons. The number of hydrogen-bond donors (Lipinski definition) is 2. The fraction of sp³-hybridized carbons (Fsp3) is 0.571. The van der Waals surface area contributed by atoms with Crippen molar-refractivity contribution in [2.75, 3.05) is 13.1 Å². The molecule has 2 heterocycles. The Hall–Kier alpha value is -1.50. The number of pyridine rings is 1. The molecule has 1 unspecified atom stereocenters. The molecule has 0 aromatic carbocycles. The molecule has 20 heavy (non-hydrogen) atoms. The lowest BCUT2D eigenvalue weighted by Crippen LogP contribution is -2.51. The number of ether oxygens (including phenoxy) is 1. The van der Waals surface area contributed by atoms with E-state index in [2.05, 4.69) is 36.1 Å². The van der Waals surface area contributed by atoms with Gasteiger partial charge in [-0.15, -0.1) is 0 Å². The first-order valence-electron chi connectivity index (χ1n) is 6.77. The van der Waals surface area contributed by atoms with E-state index in [1.54, 1.807) is 6.07 Å². The Morgan fingerprint density at radius 1 is 1.60 bits per heavy atom. The Labute approximate surface area is 119 Å². The second-order valence-corrected chi connectivity index (χ2v) is 5.85. The van der Waals surface area contributed by atoms with Crippen molar-refractivity contribution in [3.63, 3.8) is 0 Å². The normalized spacial score (nSPS) is 22.5. The molecule has 1 fully saturated rings. The van der Waals surface area contributed by atoms with Gasteiger partial charge in [0.25, 0.3) is 5.91 Å².